The van der Waals surface area contributed by atoms with E-state index in [9.17, 15) is 4.79 Å². The van der Waals surface area contributed by atoms with Gasteiger partial charge in [0.15, 0.2) is 0 Å². The van der Waals surface area contributed by atoms with Crippen molar-refractivity contribution >= 4 is 11.7 Å². The predicted octanol–water partition coefficient (Wildman–Crippen LogP) is 2.58. The van der Waals surface area contributed by atoms with Gasteiger partial charge in [0, 0.05) is 20.1 Å². The van der Waals surface area contributed by atoms with Gasteiger partial charge in [0.25, 0.3) is 0 Å². The topological polar surface area (TPSA) is 50.2 Å². The fourth-order valence-electron chi connectivity index (χ4n) is 2.62. The SMILES string of the molecule is Cc1nn(C)c(C)c1NC(=O)N1Cc2ccccc2C1. The Labute approximate surface area is 118 Å². The quantitative estimate of drug-likeness (QED) is 0.866. The number of nitrogens with one attached hydrogen (secondary N) is 1. The summed E-state index contributed by atoms with van der Waals surface area (Å²) in [4.78, 5) is 14.2. The molecule has 1 aromatic carbocycles. The summed E-state index contributed by atoms with van der Waals surface area (Å²) < 4.78 is 1.78. The second-order valence-electron chi connectivity index (χ2n) is 5.22. The van der Waals surface area contributed by atoms with Crippen molar-refractivity contribution in [3.05, 3.63) is 46.8 Å². The smallest absolute Gasteiger partial charge is 0.316 e. The van der Waals surface area contributed by atoms with E-state index in [0.29, 0.717) is 13.1 Å². The van der Waals surface area contributed by atoms with Gasteiger partial charge in [-0.05, 0) is 25.0 Å². The van der Waals surface area contributed by atoms with Crippen LogP contribution in [0.1, 0.15) is 22.5 Å². The minimum atomic E-state index is -0.0691. The molecule has 1 aliphatic rings. The van der Waals surface area contributed by atoms with Crippen LogP contribution in [-0.2, 0) is 20.1 Å². The van der Waals surface area contributed by atoms with Gasteiger partial charge in [0.05, 0.1) is 17.1 Å². The van der Waals surface area contributed by atoms with Crippen molar-refractivity contribution in [2.75, 3.05) is 5.32 Å². The minimum absolute atomic E-state index is 0.0691. The Balaban J connectivity index is 1.76. The lowest BCUT2D eigenvalue weighted by atomic mass is 10.1. The number of carbonyl (C=O) groups excluding carboxylic acids is 1. The highest BCUT2D eigenvalue weighted by atomic mass is 16.2. The molecule has 1 N–H and O–H groups in total. The summed E-state index contributed by atoms with van der Waals surface area (Å²) in [5.74, 6) is 0. The first-order valence-corrected chi connectivity index (χ1v) is 6.69. The molecule has 1 aromatic heterocycles. The lowest BCUT2D eigenvalue weighted by Gasteiger charge is -2.16. The Hall–Kier alpha value is -2.30. The molecule has 0 radical (unpaired) electrons. The number of urea groups is 1. The van der Waals surface area contributed by atoms with Crippen LogP contribution in [0.5, 0.6) is 0 Å². The summed E-state index contributed by atoms with van der Waals surface area (Å²) in [5, 5.41) is 7.29. The van der Waals surface area contributed by atoms with E-state index in [1.807, 2.05) is 37.9 Å². The summed E-state index contributed by atoms with van der Waals surface area (Å²) in [6, 6.07) is 8.10. The van der Waals surface area contributed by atoms with Gasteiger partial charge in [-0.2, -0.15) is 5.10 Å². The largest absolute Gasteiger partial charge is 0.322 e. The van der Waals surface area contributed by atoms with Gasteiger partial charge in [-0.15, -0.1) is 0 Å². The molecule has 5 heteroatoms. The van der Waals surface area contributed by atoms with Crippen LogP contribution in [0.15, 0.2) is 24.3 Å². The van der Waals surface area contributed by atoms with Crippen LogP contribution in [0.4, 0.5) is 10.5 Å². The van der Waals surface area contributed by atoms with Crippen molar-refractivity contribution in [2.24, 2.45) is 7.05 Å². The maximum Gasteiger partial charge on any atom is 0.322 e. The molecule has 2 heterocycles. The number of aryl methyl sites for hydroxylation is 2. The summed E-state index contributed by atoms with van der Waals surface area (Å²) in [6.45, 7) is 5.19. The summed E-state index contributed by atoms with van der Waals surface area (Å²) in [6.07, 6.45) is 0. The van der Waals surface area contributed by atoms with E-state index in [0.717, 1.165) is 17.1 Å². The van der Waals surface area contributed by atoms with Gasteiger partial charge >= 0.3 is 6.03 Å². The van der Waals surface area contributed by atoms with Crippen LogP contribution in [0.2, 0.25) is 0 Å². The van der Waals surface area contributed by atoms with Gasteiger partial charge in [-0.1, -0.05) is 24.3 Å². The molecule has 5 nitrogen and oxygen atoms in total. The standard InChI is InChI=1S/C15H18N4O/c1-10-14(11(2)18(3)17-10)16-15(20)19-8-12-6-4-5-7-13(12)9-19/h4-7H,8-9H2,1-3H3,(H,16,20). The van der Waals surface area contributed by atoms with E-state index >= 15 is 0 Å². The molecule has 0 unspecified atom stereocenters. The third kappa shape index (κ3) is 2.05. The Kier molecular flexibility index (Phi) is 2.97. The van der Waals surface area contributed by atoms with Gasteiger partial charge in [-0.25, -0.2) is 4.79 Å². The fraction of sp³-hybridized carbons (Fsp3) is 0.333. The van der Waals surface area contributed by atoms with Gasteiger partial charge in [-0.3, -0.25) is 4.68 Å². The minimum Gasteiger partial charge on any atom is -0.316 e. The number of aromatic nitrogens is 2. The number of fused-ring (bicyclic) bond motifs is 1. The van der Waals surface area contributed by atoms with Crippen LogP contribution >= 0.6 is 0 Å². The molecule has 0 saturated carbocycles. The Bertz CT molecular complexity index is 650. The van der Waals surface area contributed by atoms with Crippen LogP contribution in [-0.4, -0.2) is 20.7 Å². The van der Waals surface area contributed by atoms with E-state index in [2.05, 4.69) is 22.5 Å². The first-order valence-electron chi connectivity index (χ1n) is 6.69. The maximum absolute atomic E-state index is 12.4. The second-order valence-corrected chi connectivity index (χ2v) is 5.22. The molecule has 104 valence electrons. The zero-order valence-electron chi connectivity index (χ0n) is 12.0. The van der Waals surface area contributed by atoms with Crippen LogP contribution in [0.25, 0.3) is 0 Å². The van der Waals surface area contributed by atoms with Crippen molar-refractivity contribution in [2.45, 2.75) is 26.9 Å². The highest BCUT2D eigenvalue weighted by molar-refractivity contribution is 5.90. The molecule has 0 aliphatic carbocycles. The van der Waals surface area contributed by atoms with Crippen molar-refractivity contribution in [3.63, 3.8) is 0 Å². The fourth-order valence-corrected chi connectivity index (χ4v) is 2.62. The molecule has 0 atom stereocenters. The average Bonchev–Trinajstić information content (AvgIpc) is 2.95. The molecule has 20 heavy (non-hydrogen) atoms. The summed E-state index contributed by atoms with van der Waals surface area (Å²) in [5.41, 5.74) is 5.07. The van der Waals surface area contributed by atoms with Crippen molar-refractivity contribution in [3.8, 4) is 0 Å². The van der Waals surface area contributed by atoms with E-state index in [1.54, 1.807) is 4.68 Å². The van der Waals surface area contributed by atoms with E-state index in [4.69, 9.17) is 0 Å². The lowest BCUT2D eigenvalue weighted by Crippen LogP contribution is -2.30. The van der Waals surface area contributed by atoms with Crippen molar-refractivity contribution in [1.29, 1.82) is 0 Å². The van der Waals surface area contributed by atoms with Gasteiger partial charge < -0.3 is 10.2 Å². The van der Waals surface area contributed by atoms with Crippen LogP contribution < -0.4 is 5.32 Å². The molecule has 1 aliphatic heterocycles. The lowest BCUT2D eigenvalue weighted by molar-refractivity contribution is 0.212. The Morgan fingerprint density at radius 2 is 1.80 bits per heavy atom. The molecule has 0 saturated heterocycles. The molecule has 2 amide bonds. The molecule has 3 rings (SSSR count). The zero-order valence-corrected chi connectivity index (χ0v) is 12.0. The van der Waals surface area contributed by atoms with E-state index in [1.165, 1.54) is 11.1 Å². The van der Waals surface area contributed by atoms with Crippen molar-refractivity contribution < 1.29 is 4.79 Å². The van der Waals surface area contributed by atoms with Crippen molar-refractivity contribution in [1.82, 2.24) is 14.7 Å². The number of hydrogen-bond acceptors (Lipinski definition) is 2. The zero-order chi connectivity index (χ0) is 14.3. The van der Waals surface area contributed by atoms with Gasteiger partial charge in [0.2, 0.25) is 0 Å². The normalized spacial score (nSPS) is 13.4. The number of carbonyl (C=O) groups is 1. The maximum atomic E-state index is 12.4. The number of nitrogens with zero attached hydrogens (tertiary/aromatic N) is 3. The van der Waals surface area contributed by atoms with Crippen LogP contribution in [0, 0.1) is 13.8 Å². The Morgan fingerprint density at radius 3 is 2.30 bits per heavy atom. The number of anilines is 1. The van der Waals surface area contributed by atoms with E-state index < -0.39 is 0 Å². The highest BCUT2D eigenvalue weighted by Gasteiger charge is 2.24. The molecular formula is C15H18N4O. The molecule has 0 bridgehead atoms. The number of benzene rings is 1. The summed E-state index contributed by atoms with van der Waals surface area (Å²) >= 11 is 0. The number of rotatable bonds is 1. The number of hydrogen-bond donors (Lipinski definition) is 1. The first-order chi connectivity index (χ1) is 9.56. The molecule has 0 spiro atoms. The monoisotopic (exact) mass is 270 g/mol. The number of amides is 2. The first kappa shape index (κ1) is 12.7. The predicted molar refractivity (Wildman–Crippen MR) is 77.4 cm³/mol. The second kappa shape index (κ2) is 4.67. The third-order valence-electron chi connectivity index (χ3n) is 3.87. The van der Waals surface area contributed by atoms with Gasteiger partial charge in [0.1, 0.15) is 0 Å². The average molecular weight is 270 g/mol. The highest BCUT2D eigenvalue weighted by Crippen LogP contribution is 2.24. The van der Waals surface area contributed by atoms with Crippen LogP contribution in [0.3, 0.4) is 0 Å². The Morgan fingerprint density at radius 1 is 1.20 bits per heavy atom. The third-order valence-corrected chi connectivity index (χ3v) is 3.87. The molecular weight excluding hydrogens is 252 g/mol. The van der Waals surface area contributed by atoms with E-state index in [-0.39, 0.29) is 6.03 Å². The summed E-state index contributed by atoms with van der Waals surface area (Å²) in [7, 11) is 1.88. The molecule has 2 aromatic rings. The molecule has 0 fully saturated rings.